The summed E-state index contributed by atoms with van der Waals surface area (Å²) >= 11 is 0. The molecule has 0 aromatic carbocycles. The molecule has 0 saturated heterocycles. The van der Waals surface area contributed by atoms with Crippen molar-refractivity contribution in [2.24, 2.45) is 0 Å². The third kappa shape index (κ3) is 14.9. The summed E-state index contributed by atoms with van der Waals surface area (Å²) in [6.45, 7) is 6.12. The Labute approximate surface area is 130 Å². The molecule has 0 amide bonds. The van der Waals surface area contributed by atoms with Gasteiger partial charge in [0.25, 0.3) is 0 Å². The van der Waals surface area contributed by atoms with Crippen LogP contribution in [0.5, 0.6) is 0 Å². The molecule has 0 spiro atoms. The molecule has 0 aromatic heterocycles. The number of rotatable bonds is 15. The van der Waals surface area contributed by atoms with Crippen molar-refractivity contribution in [2.45, 2.75) is 0 Å². The van der Waals surface area contributed by atoms with Gasteiger partial charge in [0.05, 0.1) is 53.4 Å². The van der Waals surface area contributed by atoms with Crippen LogP contribution in [0.25, 0.3) is 0 Å². The second-order valence-electron chi connectivity index (χ2n) is 3.84. The number of esters is 2. The van der Waals surface area contributed by atoms with Crippen molar-refractivity contribution in [3.05, 3.63) is 12.7 Å². The maximum Gasteiger partial charge on any atom is 0.331 e. The summed E-state index contributed by atoms with van der Waals surface area (Å²) in [5.41, 5.74) is 0. The Morgan fingerprint density at radius 2 is 1.27 bits per heavy atom. The Bertz CT molecular complexity index is 305. The lowest BCUT2D eigenvalue weighted by molar-refractivity contribution is -0.146. The zero-order valence-electron chi connectivity index (χ0n) is 12.9. The first-order valence-electron chi connectivity index (χ1n) is 6.87. The number of methoxy groups -OCH3 is 1. The average Bonchev–Trinajstić information content (AvgIpc) is 2.54. The first-order valence-corrected chi connectivity index (χ1v) is 6.87. The van der Waals surface area contributed by atoms with Gasteiger partial charge in [0.2, 0.25) is 0 Å². The molecule has 0 fully saturated rings. The zero-order valence-corrected chi connectivity index (χ0v) is 12.9. The van der Waals surface area contributed by atoms with Crippen molar-refractivity contribution in [2.75, 3.05) is 66.6 Å². The van der Waals surface area contributed by atoms with Gasteiger partial charge in [-0.15, -0.1) is 0 Å². The SMILES string of the molecule is C=CC(=O)OCCOCCOCCOCCOCC(=O)OC. The van der Waals surface area contributed by atoms with Crippen molar-refractivity contribution in [3.63, 3.8) is 0 Å². The Hall–Kier alpha value is -1.48. The second-order valence-corrected chi connectivity index (χ2v) is 3.84. The molecule has 128 valence electrons. The first kappa shape index (κ1) is 20.5. The fourth-order valence-corrected chi connectivity index (χ4v) is 1.13. The van der Waals surface area contributed by atoms with E-state index >= 15 is 0 Å². The molecule has 0 atom stereocenters. The smallest absolute Gasteiger partial charge is 0.331 e. The third-order valence-electron chi connectivity index (χ3n) is 2.20. The van der Waals surface area contributed by atoms with Gasteiger partial charge >= 0.3 is 11.9 Å². The van der Waals surface area contributed by atoms with Crippen LogP contribution in [0.2, 0.25) is 0 Å². The molecule has 0 unspecified atom stereocenters. The number of hydrogen-bond acceptors (Lipinski definition) is 8. The summed E-state index contributed by atoms with van der Waals surface area (Å²) in [5.74, 6) is -0.879. The van der Waals surface area contributed by atoms with Crippen LogP contribution in [0.4, 0.5) is 0 Å². The van der Waals surface area contributed by atoms with E-state index in [9.17, 15) is 9.59 Å². The molecule has 0 saturated carbocycles. The van der Waals surface area contributed by atoms with E-state index in [2.05, 4.69) is 11.3 Å². The maximum atomic E-state index is 10.7. The van der Waals surface area contributed by atoms with Crippen LogP contribution in [0.1, 0.15) is 0 Å². The maximum absolute atomic E-state index is 10.7. The molecule has 0 heterocycles. The van der Waals surface area contributed by atoms with Crippen LogP contribution in [-0.4, -0.2) is 78.5 Å². The highest BCUT2D eigenvalue weighted by Crippen LogP contribution is 1.85. The Kier molecular flexibility index (Phi) is 14.8. The van der Waals surface area contributed by atoms with E-state index in [1.807, 2.05) is 0 Å². The molecule has 0 aliphatic carbocycles. The van der Waals surface area contributed by atoms with E-state index in [1.54, 1.807) is 0 Å². The Morgan fingerprint density at radius 3 is 1.73 bits per heavy atom. The van der Waals surface area contributed by atoms with E-state index in [0.717, 1.165) is 6.08 Å². The van der Waals surface area contributed by atoms with Crippen LogP contribution < -0.4 is 0 Å². The molecule has 0 N–H and O–H groups in total. The minimum Gasteiger partial charge on any atom is -0.467 e. The molecule has 0 rings (SSSR count). The summed E-state index contributed by atoms with van der Waals surface area (Å²) in [7, 11) is 1.30. The highest BCUT2D eigenvalue weighted by Gasteiger charge is 1.99. The topological polar surface area (TPSA) is 89.5 Å². The van der Waals surface area contributed by atoms with Crippen molar-refractivity contribution in [1.29, 1.82) is 0 Å². The second kappa shape index (κ2) is 15.9. The average molecular weight is 320 g/mol. The molecule has 0 bridgehead atoms. The lowest BCUT2D eigenvalue weighted by atomic mass is 10.6. The molecule has 8 nitrogen and oxygen atoms in total. The number of hydrogen-bond donors (Lipinski definition) is 0. The lowest BCUT2D eigenvalue weighted by Crippen LogP contribution is -2.15. The monoisotopic (exact) mass is 320 g/mol. The minimum atomic E-state index is -0.465. The number of ether oxygens (including phenoxy) is 6. The van der Waals surface area contributed by atoms with Crippen molar-refractivity contribution in [1.82, 2.24) is 0 Å². The predicted octanol–water partition coefficient (Wildman–Crippen LogP) is -0.0450. The molecular weight excluding hydrogens is 296 g/mol. The summed E-state index contributed by atoms with van der Waals surface area (Å²) in [5, 5.41) is 0. The first-order chi connectivity index (χ1) is 10.7. The van der Waals surface area contributed by atoms with Gasteiger partial charge in [-0.05, 0) is 0 Å². The van der Waals surface area contributed by atoms with Crippen LogP contribution in [0.15, 0.2) is 12.7 Å². The van der Waals surface area contributed by atoms with E-state index in [4.69, 9.17) is 23.7 Å². The van der Waals surface area contributed by atoms with E-state index in [0.29, 0.717) is 46.2 Å². The lowest BCUT2D eigenvalue weighted by Gasteiger charge is -2.07. The van der Waals surface area contributed by atoms with Gasteiger partial charge in [-0.25, -0.2) is 9.59 Å². The van der Waals surface area contributed by atoms with Crippen LogP contribution in [0, 0.1) is 0 Å². The van der Waals surface area contributed by atoms with E-state index in [-0.39, 0.29) is 13.2 Å². The van der Waals surface area contributed by atoms with Gasteiger partial charge in [-0.3, -0.25) is 0 Å². The van der Waals surface area contributed by atoms with Gasteiger partial charge in [-0.1, -0.05) is 6.58 Å². The molecule has 0 aliphatic heterocycles. The summed E-state index contributed by atoms with van der Waals surface area (Å²) in [6, 6.07) is 0. The van der Waals surface area contributed by atoms with E-state index < -0.39 is 11.9 Å². The fourth-order valence-electron chi connectivity index (χ4n) is 1.13. The summed E-state index contributed by atoms with van der Waals surface area (Å²) in [6.07, 6.45) is 1.10. The van der Waals surface area contributed by atoms with Gasteiger partial charge in [-0.2, -0.15) is 0 Å². The van der Waals surface area contributed by atoms with Crippen molar-refractivity contribution >= 4 is 11.9 Å². The van der Waals surface area contributed by atoms with Crippen LogP contribution in [0.3, 0.4) is 0 Å². The highest BCUT2D eigenvalue weighted by molar-refractivity contribution is 5.81. The molecule has 8 heteroatoms. The summed E-state index contributed by atoms with van der Waals surface area (Å²) in [4.78, 5) is 21.4. The van der Waals surface area contributed by atoms with Crippen molar-refractivity contribution < 1.29 is 38.0 Å². The molecular formula is C14H24O8. The van der Waals surface area contributed by atoms with Crippen LogP contribution >= 0.6 is 0 Å². The quantitative estimate of drug-likeness (QED) is 0.236. The largest absolute Gasteiger partial charge is 0.467 e. The Morgan fingerprint density at radius 1 is 0.818 bits per heavy atom. The van der Waals surface area contributed by atoms with Gasteiger partial charge < -0.3 is 28.4 Å². The standard InChI is InChI=1S/C14H24O8/c1-3-13(15)22-11-10-20-7-6-18-4-5-19-8-9-21-12-14(16)17-2/h3H,1,4-12H2,2H3. The Balaban J connectivity index is 3.07. The van der Waals surface area contributed by atoms with E-state index in [1.165, 1.54) is 7.11 Å². The fraction of sp³-hybridized carbons (Fsp3) is 0.714. The molecule has 0 radical (unpaired) electrons. The minimum absolute atomic E-state index is 0.0736. The number of carbonyl (C=O) groups excluding carboxylic acids is 2. The van der Waals surface area contributed by atoms with Gasteiger partial charge in [0, 0.05) is 6.08 Å². The number of carbonyl (C=O) groups is 2. The molecule has 0 aromatic rings. The van der Waals surface area contributed by atoms with Gasteiger partial charge in [0.1, 0.15) is 13.2 Å². The molecule has 22 heavy (non-hydrogen) atoms. The summed E-state index contributed by atoms with van der Waals surface area (Å²) < 4.78 is 29.8. The normalized spacial score (nSPS) is 10.2. The van der Waals surface area contributed by atoms with Gasteiger partial charge in [0.15, 0.2) is 0 Å². The third-order valence-corrected chi connectivity index (χ3v) is 2.20. The molecule has 0 aliphatic rings. The van der Waals surface area contributed by atoms with Crippen molar-refractivity contribution in [3.8, 4) is 0 Å². The zero-order chi connectivity index (χ0) is 16.5. The van der Waals surface area contributed by atoms with Crippen LogP contribution in [-0.2, 0) is 38.0 Å². The predicted molar refractivity (Wildman–Crippen MR) is 76.4 cm³/mol. The highest BCUT2D eigenvalue weighted by atomic mass is 16.6.